The highest BCUT2D eigenvalue weighted by atomic mass is 16.3. The standard InChI is InChI=1S/C17H17N3O/c1-17(2,21)15-9-14(10-18-11-15)12-3-5-13(6-4-12)16-7-8-19-20-16/h3-11,21H,1-2H3,(H,19,20). The number of H-pyrrole nitrogens is 1. The molecular formula is C17H17N3O. The fourth-order valence-electron chi connectivity index (χ4n) is 2.19. The molecule has 0 atom stereocenters. The maximum Gasteiger partial charge on any atom is 0.0855 e. The Balaban J connectivity index is 1.94. The normalized spacial score (nSPS) is 11.6. The Morgan fingerprint density at radius 2 is 1.67 bits per heavy atom. The molecule has 0 aliphatic heterocycles. The van der Waals surface area contributed by atoms with Gasteiger partial charge in [0, 0.05) is 29.7 Å². The van der Waals surface area contributed by atoms with Crippen LogP contribution in [0.5, 0.6) is 0 Å². The molecule has 0 spiro atoms. The average Bonchev–Trinajstić information content (AvgIpc) is 3.01. The minimum atomic E-state index is -0.890. The van der Waals surface area contributed by atoms with Gasteiger partial charge in [0.05, 0.1) is 11.3 Å². The van der Waals surface area contributed by atoms with Gasteiger partial charge in [0.25, 0.3) is 0 Å². The molecule has 2 aromatic heterocycles. The molecule has 21 heavy (non-hydrogen) atoms. The average molecular weight is 279 g/mol. The molecule has 0 fully saturated rings. The maximum absolute atomic E-state index is 10.1. The van der Waals surface area contributed by atoms with E-state index in [0.717, 1.165) is 27.9 Å². The van der Waals surface area contributed by atoms with E-state index in [4.69, 9.17) is 0 Å². The van der Waals surface area contributed by atoms with Crippen molar-refractivity contribution in [1.29, 1.82) is 0 Å². The van der Waals surface area contributed by atoms with Crippen LogP contribution in [0.25, 0.3) is 22.4 Å². The summed E-state index contributed by atoms with van der Waals surface area (Å²) in [5.41, 5.74) is 4.05. The van der Waals surface area contributed by atoms with Gasteiger partial charge >= 0.3 is 0 Å². The summed E-state index contributed by atoms with van der Waals surface area (Å²) in [4.78, 5) is 4.22. The van der Waals surface area contributed by atoms with Gasteiger partial charge in [0.15, 0.2) is 0 Å². The molecule has 2 N–H and O–H groups in total. The first-order chi connectivity index (χ1) is 10.0. The SMILES string of the molecule is CC(C)(O)c1cncc(-c2ccc(-c3ccn[nH]3)cc2)c1. The smallest absolute Gasteiger partial charge is 0.0855 e. The molecule has 0 saturated carbocycles. The van der Waals surface area contributed by atoms with E-state index in [1.165, 1.54) is 0 Å². The third kappa shape index (κ3) is 2.85. The highest BCUT2D eigenvalue weighted by molar-refractivity contribution is 5.68. The molecule has 106 valence electrons. The van der Waals surface area contributed by atoms with Gasteiger partial charge in [-0.3, -0.25) is 10.1 Å². The lowest BCUT2D eigenvalue weighted by Crippen LogP contribution is -2.15. The largest absolute Gasteiger partial charge is 0.386 e. The van der Waals surface area contributed by atoms with Gasteiger partial charge in [-0.2, -0.15) is 5.10 Å². The second kappa shape index (κ2) is 5.14. The Morgan fingerprint density at radius 3 is 2.29 bits per heavy atom. The highest BCUT2D eigenvalue weighted by Gasteiger charge is 2.16. The molecule has 0 radical (unpaired) electrons. The van der Waals surface area contributed by atoms with Crippen LogP contribution in [-0.4, -0.2) is 20.3 Å². The van der Waals surface area contributed by atoms with E-state index in [1.807, 2.05) is 36.4 Å². The van der Waals surface area contributed by atoms with E-state index in [1.54, 1.807) is 32.4 Å². The van der Waals surface area contributed by atoms with Gasteiger partial charge in [-0.15, -0.1) is 0 Å². The Morgan fingerprint density at radius 1 is 0.952 bits per heavy atom. The summed E-state index contributed by atoms with van der Waals surface area (Å²) in [7, 11) is 0. The molecular weight excluding hydrogens is 262 g/mol. The fraction of sp³-hybridized carbons (Fsp3) is 0.176. The van der Waals surface area contributed by atoms with Crippen molar-refractivity contribution in [3.63, 3.8) is 0 Å². The maximum atomic E-state index is 10.1. The lowest BCUT2D eigenvalue weighted by atomic mass is 9.96. The van der Waals surface area contributed by atoms with Crippen LogP contribution in [-0.2, 0) is 5.60 Å². The summed E-state index contributed by atoms with van der Waals surface area (Å²) in [6, 6.07) is 12.1. The van der Waals surface area contributed by atoms with Crippen molar-refractivity contribution in [2.45, 2.75) is 19.4 Å². The topological polar surface area (TPSA) is 61.8 Å². The van der Waals surface area contributed by atoms with Crippen molar-refractivity contribution in [3.05, 3.63) is 60.6 Å². The van der Waals surface area contributed by atoms with E-state index in [2.05, 4.69) is 15.2 Å². The third-order valence-corrected chi connectivity index (χ3v) is 3.47. The third-order valence-electron chi connectivity index (χ3n) is 3.47. The van der Waals surface area contributed by atoms with Crippen LogP contribution in [0.4, 0.5) is 0 Å². The number of hydrogen-bond acceptors (Lipinski definition) is 3. The molecule has 2 heterocycles. The van der Waals surface area contributed by atoms with Crippen molar-refractivity contribution in [3.8, 4) is 22.4 Å². The summed E-state index contributed by atoms with van der Waals surface area (Å²) in [5.74, 6) is 0. The number of rotatable bonds is 3. The van der Waals surface area contributed by atoms with Gasteiger partial charge in [-0.1, -0.05) is 24.3 Å². The number of benzene rings is 1. The van der Waals surface area contributed by atoms with Crippen LogP contribution in [0.2, 0.25) is 0 Å². The molecule has 3 rings (SSSR count). The molecule has 0 aliphatic carbocycles. The van der Waals surface area contributed by atoms with Crippen LogP contribution in [0.1, 0.15) is 19.4 Å². The van der Waals surface area contributed by atoms with Gasteiger partial charge in [-0.25, -0.2) is 0 Å². The van der Waals surface area contributed by atoms with Crippen molar-refractivity contribution in [2.75, 3.05) is 0 Å². The molecule has 4 heteroatoms. The van der Waals surface area contributed by atoms with Gasteiger partial charge in [0.2, 0.25) is 0 Å². The second-order valence-electron chi connectivity index (χ2n) is 5.57. The lowest BCUT2D eigenvalue weighted by molar-refractivity contribution is 0.0783. The molecule has 0 unspecified atom stereocenters. The zero-order valence-corrected chi connectivity index (χ0v) is 12.0. The number of pyridine rings is 1. The number of aromatic amines is 1. The first kappa shape index (κ1) is 13.5. The summed E-state index contributed by atoms with van der Waals surface area (Å²) >= 11 is 0. The van der Waals surface area contributed by atoms with E-state index >= 15 is 0 Å². The van der Waals surface area contributed by atoms with Crippen LogP contribution in [0.3, 0.4) is 0 Å². The van der Waals surface area contributed by atoms with E-state index in [9.17, 15) is 5.11 Å². The molecule has 3 aromatic rings. The predicted octanol–water partition coefficient (Wildman–Crippen LogP) is 3.37. The molecule has 1 aromatic carbocycles. The molecule has 0 amide bonds. The number of aliphatic hydroxyl groups is 1. The first-order valence-corrected chi connectivity index (χ1v) is 6.82. The predicted molar refractivity (Wildman–Crippen MR) is 82.5 cm³/mol. The first-order valence-electron chi connectivity index (χ1n) is 6.82. The summed E-state index contributed by atoms with van der Waals surface area (Å²) in [5, 5.41) is 17.0. The number of nitrogens with one attached hydrogen (secondary N) is 1. The van der Waals surface area contributed by atoms with Crippen LogP contribution < -0.4 is 0 Å². The summed E-state index contributed by atoms with van der Waals surface area (Å²) in [6.07, 6.45) is 5.24. The van der Waals surface area contributed by atoms with Crippen molar-refractivity contribution in [1.82, 2.24) is 15.2 Å². The number of aromatic nitrogens is 3. The Labute approximate surface area is 123 Å². The Bertz CT molecular complexity index is 725. The molecule has 0 aliphatic rings. The van der Waals surface area contributed by atoms with E-state index in [-0.39, 0.29) is 0 Å². The highest BCUT2D eigenvalue weighted by Crippen LogP contribution is 2.26. The van der Waals surface area contributed by atoms with Gasteiger partial charge in [-0.05, 0) is 37.1 Å². The van der Waals surface area contributed by atoms with Crippen LogP contribution >= 0.6 is 0 Å². The minimum Gasteiger partial charge on any atom is -0.386 e. The van der Waals surface area contributed by atoms with Crippen molar-refractivity contribution >= 4 is 0 Å². The number of nitrogens with zero attached hydrogens (tertiary/aromatic N) is 2. The molecule has 0 bridgehead atoms. The van der Waals surface area contributed by atoms with E-state index in [0.29, 0.717) is 0 Å². The van der Waals surface area contributed by atoms with Gasteiger partial charge < -0.3 is 5.11 Å². The summed E-state index contributed by atoms with van der Waals surface area (Å²) < 4.78 is 0. The molecule has 4 nitrogen and oxygen atoms in total. The second-order valence-corrected chi connectivity index (χ2v) is 5.57. The quantitative estimate of drug-likeness (QED) is 0.772. The Hall–Kier alpha value is -2.46. The van der Waals surface area contributed by atoms with Crippen molar-refractivity contribution in [2.24, 2.45) is 0 Å². The van der Waals surface area contributed by atoms with E-state index < -0.39 is 5.60 Å². The fourth-order valence-corrected chi connectivity index (χ4v) is 2.19. The summed E-state index contributed by atoms with van der Waals surface area (Å²) in [6.45, 7) is 3.52. The van der Waals surface area contributed by atoms with Crippen molar-refractivity contribution < 1.29 is 5.11 Å². The van der Waals surface area contributed by atoms with Gasteiger partial charge in [0.1, 0.15) is 0 Å². The zero-order chi connectivity index (χ0) is 14.9. The monoisotopic (exact) mass is 279 g/mol. The Kier molecular flexibility index (Phi) is 3.31. The lowest BCUT2D eigenvalue weighted by Gasteiger charge is -2.18. The van der Waals surface area contributed by atoms with Crippen LogP contribution in [0.15, 0.2) is 55.0 Å². The zero-order valence-electron chi connectivity index (χ0n) is 12.0. The minimum absolute atomic E-state index is 0.803. The molecule has 0 saturated heterocycles. The number of hydrogen-bond donors (Lipinski definition) is 2. The van der Waals surface area contributed by atoms with Crippen LogP contribution in [0, 0.1) is 0 Å².